The van der Waals surface area contributed by atoms with Crippen LogP contribution in [0.5, 0.6) is 0 Å². The van der Waals surface area contributed by atoms with E-state index in [4.69, 9.17) is 0 Å². The predicted molar refractivity (Wildman–Crippen MR) is 75.0 cm³/mol. The van der Waals surface area contributed by atoms with E-state index in [-0.39, 0.29) is 13.1 Å². The molecule has 4 amide bonds. The van der Waals surface area contributed by atoms with Crippen LogP contribution in [0.4, 0.5) is 23.7 Å². The van der Waals surface area contributed by atoms with E-state index in [1.54, 1.807) is 0 Å². The lowest BCUT2D eigenvalue weighted by atomic mass is 10.2. The van der Waals surface area contributed by atoms with Gasteiger partial charge < -0.3 is 10.6 Å². The molecule has 1 aromatic rings. The molecule has 0 unspecified atom stereocenters. The van der Waals surface area contributed by atoms with Gasteiger partial charge in [-0.1, -0.05) is 0 Å². The molecule has 1 aromatic carbocycles. The summed E-state index contributed by atoms with van der Waals surface area (Å²) in [6.07, 6.45) is 0. The Morgan fingerprint density at radius 1 is 1.04 bits per heavy atom. The van der Waals surface area contributed by atoms with Gasteiger partial charge in [-0.3, -0.25) is 19.8 Å². The average molecular weight is 332 g/mol. The van der Waals surface area contributed by atoms with E-state index in [1.165, 1.54) is 19.0 Å². The van der Waals surface area contributed by atoms with Gasteiger partial charge in [0.15, 0.2) is 17.5 Å². The van der Waals surface area contributed by atoms with Crippen molar-refractivity contribution in [2.45, 2.75) is 0 Å². The van der Waals surface area contributed by atoms with Gasteiger partial charge in [0, 0.05) is 7.05 Å². The zero-order valence-electron chi connectivity index (χ0n) is 12.4. The molecule has 3 N–H and O–H groups in total. The quantitative estimate of drug-likeness (QED) is 0.682. The molecule has 10 heteroatoms. The summed E-state index contributed by atoms with van der Waals surface area (Å²) >= 11 is 0. The number of rotatable bonds is 5. The van der Waals surface area contributed by atoms with Gasteiger partial charge in [-0.2, -0.15) is 0 Å². The van der Waals surface area contributed by atoms with E-state index in [2.05, 4.69) is 10.6 Å². The largest absolute Gasteiger partial charge is 0.341 e. The number of amides is 4. The molecule has 7 nitrogen and oxygen atoms in total. The van der Waals surface area contributed by atoms with Crippen molar-refractivity contribution < 1.29 is 27.6 Å². The maximum atomic E-state index is 13.4. The number of nitrogens with zero attached hydrogens (tertiary/aromatic N) is 1. The average Bonchev–Trinajstić information content (AvgIpc) is 2.47. The van der Waals surface area contributed by atoms with Gasteiger partial charge in [0.1, 0.15) is 0 Å². The van der Waals surface area contributed by atoms with Gasteiger partial charge >= 0.3 is 6.03 Å². The monoisotopic (exact) mass is 332 g/mol. The molecule has 1 rings (SSSR count). The topological polar surface area (TPSA) is 90.5 Å². The molecular weight excluding hydrogens is 317 g/mol. The van der Waals surface area contributed by atoms with Crippen LogP contribution in [0.15, 0.2) is 12.1 Å². The van der Waals surface area contributed by atoms with Crippen LogP contribution in [0.3, 0.4) is 0 Å². The second-order valence-electron chi connectivity index (χ2n) is 4.57. The standard InChI is InChI=1S/C13H15F3N4O3/c1-17-13(23)19-10(22)6-20(2)5-9(21)18-8-4-3-7(14)11(15)12(8)16/h3-4H,5-6H2,1-2H3,(H,18,21)(H2,17,19,22,23). The number of nitrogens with one attached hydrogen (secondary N) is 3. The van der Waals surface area contributed by atoms with Crippen LogP contribution in [0.1, 0.15) is 0 Å². The van der Waals surface area contributed by atoms with Crippen LogP contribution >= 0.6 is 0 Å². The summed E-state index contributed by atoms with van der Waals surface area (Å²) in [5.41, 5.74) is -0.517. The Morgan fingerprint density at radius 3 is 2.26 bits per heavy atom. The Kier molecular flexibility index (Phi) is 6.51. The first kappa shape index (κ1) is 18.4. The molecule has 0 aromatic heterocycles. The van der Waals surface area contributed by atoms with Crippen molar-refractivity contribution >= 4 is 23.5 Å². The third kappa shape index (κ3) is 5.58. The zero-order chi connectivity index (χ0) is 17.6. The lowest BCUT2D eigenvalue weighted by Gasteiger charge is -2.15. The number of likely N-dealkylation sites (N-methyl/N-ethyl adjacent to an activating group) is 1. The Hall–Kier alpha value is -2.62. The summed E-state index contributed by atoms with van der Waals surface area (Å²) in [6.45, 7) is -0.610. The molecule has 0 aliphatic heterocycles. The van der Waals surface area contributed by atoms with Gasteiger partial charge in [0.2, 0.25) is 11.8 Å². The van der Waals surface area contributed by atoms with Crippen molar-refractivity contribution in [2.24, 2.45) is 0 Å². The molecular formula is C13H15F3N4O3. The lowest BCUT2D eigenvalue weighted by molar-refractivity contribution is -0.122. The van der Waals surface area contributed by atoms with Crippen LogP contribution in [-0.2, 0) is 9.59 Å². The summed E-state index contributed by atoms with van der Waals surface area (Å²) in [5.74, 6) is -5.98. The number of imide groups is 1. The van der Waals surface area contributed by atoms with E-state index in [0.29, 0.717) is 6.07 Å². The van der Waals surface area contributed by atoms with E-state index < -0.39 is 41.0 Å². The van der Waals surface area contributed by atoms with E-state index in [1.807, 2.05) is 5.32 Å². The molecule has 0 spiro atoms. The minimum absolute atomic E-state index is 0.277. The maximum Gasteiger partial charge on any atom is 0.321 e. The Bertz CT molecular complexity index is 625. The summed E-state index contributed by atoms with van der Waals surface area (Å²) in [7, 11) is 2.74. The number of hydrogen-bond donors (Lipinski definition) is 3. The van der Waals surface area contributed by atoms with Crippen molar-refractivity contribution in [3.8, 4) is 0 Å². The van der Waals surface area contributed by atoms with Crippen LogP contribution in [0.2, 0.25) is 0 Å². The van der Waals surface area contributed by atoms with Crippen molar-refractivity contribution in [1.82, 2.24) is 15.5 Å². The molecule has 126 valence electrons. The third-order valence-electron chi connectivity index (χ3n) is 2.62. The first-order valence-electron chi connectivity index (χ1n) is 6.38. The first-order valence-corrected chi connectivity index (χ1v) is 6.38. The first-order chi connectivity index (χ1) is 10.7. The van der Waals surface area contributed by atoms with Crippen LogP contribution in [0.25, 0.3) is 0 Å². The number of hydrogen-bond acceptors (Lipinski definition) is 4. The Labute approximate surface area is 129 Å². The van der Waals surface area contributed by atoms with Gasteiger partial charge in [0.25, 0.3) is 0 Å². The molecule has 23 heavy (non-hydrogen) atoms. The molecule has 0 fully saturated rings. The second-order valence-corrected chi connectivity index (χ2v) is 4.57. The highest BCUT2D eigenvalue weighted by Crippen LogP contribution is 2.19. The van der Waals surface area contributed by atoms with Gasteiger partial charge in [-0.25, -0.2) is 18.0 Å². The number of halogens is 3. The third-order valence-corrected chi connectivity index (χ3v) is 2.62. The number of benzene rings is 1. The maximum absolute atomic E-state index is 13.4. The van der Waals surface area contributed by atoms with Crippen molar-refractivity contribution in [2.75, 3.05) is 32.5 Å². The normalized spacial score (nSPS) is 10.3. The smallest absolute Gasteiger partial charge is 0.321 e. The number of carbonyl (C=O) groups is 3. The van der Waals surface area contributed by atoms with E-state index in [9.17, 15) is 27.6 Å². The number of carbonyl (C=O) groups excluding carboxylic acids is 3. The molecule has 0 aliphatic rings. The minimum Gasteiger partial charge on any atom is -0.341 e. The molecule has 0 aliphatic carbocycles. The Balaban J connectivity index is 2.55. The summed E-state index contributed by atoms with van der Waals surface area (Å²) < 4.78 is 39.2. The fraction of sp³-hybridized carbons (Fsp3) is 0.308. The van der Waals surface area contributed by atoms with Crippen LogP contribution in [0, 0.1) is 17.5 Å². The van der Waals surface area contributed by atoms with Crippen molar-refractivity contribution in [1.29, 1.82) is 0 Å². The number of urea groups is 1. The van der Waals surface area contributed by atoms with E-state index >= 15 is 0 Å². The van der Waals surface area contributed by atoms with Crippen molar-refractivity contribution in [3.05, 3.63) is 29.6 Å². The predicted octanol–water partition coefficient (Wildman–Crippen LogP) is 0.430. The summed E-state index contributed by atoms with van der Waals surface area (Å²) in [4.78, 5) is 35.2. The van der Waals surface area contributed by atoms with Crippen LogP contribution < -0.4 is 16.0 Å². The minimum atomic E-state index is -1.69. The molecule has 0 radical (unpaired) electrons. The van der Waals surface area contributed by atoms with Crippen molar-refractivity contribution in [3.63, 3.8) is 0 Å². The molecule has 0 saturated heterocycles. The Morgan fingerprint density at radius 2 is 1.65 bits per heavy atom. The highest BCUT2D eigenvalue weighted by atomic mass is 19.2. The van der Waals surface area contributed by atoms with Gasteiger partial charge in [0.05, 0.1) is 18.8 Å². The summed E-state index contributed by atoms with van der Waals surface area (Å²) in [6, 6.07) is 0.857. The van der Waals surface area contributed by atoms with Gasteiger partial charge in [-0.15, -0.1) is 0 Å². The second kappa shape index (κ2) is 8.13. The highest BCUT2D eigenvalue weighted by molar-refractivity contribution is 5.96. The van der Waals surface area contributed by atoms with Gasteiger partial charge in [-0.05, 0) is 19.2 Å². The molecule has 0 heterocycles. The fourth-order valence-electron chi connectivity index (χ4n) is 1.59. The SMILES string of the molecule is CNC(=O)NC(=O)CN(C)CC(=O)Nc1ccc(F)c(F)c1F. The number of anilines is 1. The molecule has 0 atom stereocenters. The zero-order valence-corrected chi connectivity index (χ0v) is 12.4. The lowest BCUT2D eigenvalue weighted by Crippen LogP contribution is -2.44. The van der Waals surface area contributed by atoms with Crippen LogP contribution in [-0.4, -0.2) is 49.9 Å². The molecule has 0 saturated carbocycles. The molecule has 0 bridgehead atoms. The summed E-state index contributed by atoms with van der Waals surface area (Å²) in [5, 5.41) is 6.24. The van der Waals surface area contributed by atoms with E-state index in [0.717, 1.165) is 6.07 Å². The highest BCUT2D eigenvalue weighted by Gasteiger charge is 2.17. The fourth-order valence-corrected chi connectivity index (χ4v) is 1.59.